The molecule has 0 bridgehead atoms. The second-order valence-corrected chi connectivity index (χ2v) is 6.42. The van der Waals surface area contributed by atoms with Gasteiger partial charge in [0, 0.05) is 6.42 Å². The Kier molecular flexibility index (Phi) is 11.6. The van der Waals surface area contributed by atoms with Gasteiger partial charge >= 0.3 is 16.4 Å². The van der Waals surface area contributed by atoms with E-state index in [1.54, 1.807) is 0 Å². The van der Waals surface area contributed by atoms with Crippen molar-refractivity contribution in [3.8, 4) is 0 Å². The molecule has 7 heteroatoms. The maximum absolute atomic E-state index is 11.3. The van der Waals surface area contributed by atoms with E-state index in [0.717, 1.165) is 19.3 Å². The van der Waals surface area contributed by atoms with Gasteiger partial charge in [-0.15, -0.1) is 0 Å². The summed E-state index contributed by atoms with van der Waals surface area (Å²) >= 11 is 0. The van der Waals surface area contributed by atoms with Gasteiger partial charge in [-0.25, -0.2) is 4.18 Å². The molecule has 1 unspecified atom stereocenters. The summed E-state index contributed by atoms with van der Waals surface area (Å²) in [6, 6.07) is 0. The molecular formula is C14H29NO5S. The molecule has 0 radical (unpaired) electrons. The van der Waals surface area contributed by atoms with E-state index in [1.165, 1.54) is 39.0 Å². The molecule has 21 heavy (non-hydrogen) atoms. The minimum Gasteiger partial charge on any atom is -0.325 e. The van der Waals surface area contributed by atoms with Crippen LogP contribution in [0.2, 0.25) is 0 Å². The Morgan fingerprint density at radius 1 is 1.00 bits per heavy atom. The molecular weight excluding hydrogens is 294 g/mol. The monoisotopic (exact) mass is 323 g/mol. The Morgan fingerprint density at radius 3 is 1.95 bits per heavy atom. The molecule has 0 rings (SSSR count). The van der Waals surface area contributed by atoms with Gasteiger partial charge in [-0.05, 0) is 13.3 Å². The molecule has 0 aliphatic carbocycles. The number of carbonyl (C=O) groups excluding carboxylic acids is 1. The SMILES string of the molecule is CCCCCCCCCCCC(=O)OS(=O)(=O)OC(C)N. The summed E-state index contributed by atoms with van der Waals surface area (Å²) in [6.45, 7) is 3.53. The van der Waals surface area contributed by atoms with E-state index in [4.69, 9.17) is 5.73 Å². The Morgan fingerprint density at radius 2 is 1.48 bits per heavy atom. The average Bonchev–Trinajstić information content (AvgIpc) is 2.34. The van der Waals surface area contributed by atoms with E-state index in [-0.39, 0.29) is 6.42 Å². The first-order valence-electron chi connectivity index (χ1n) is 7.78. The lowest BCUT2D eigenvalue weighted by Crippen LogP contribution is -2.26. The normalized spacial score (nSPS) is 13.1. The molecule has 126 valence electrons. The standard InChI is InChI=1S/C14H29NO5S/c1-3-4-5-6-7-8-9-10-11-12-14(16)20-21(17,18)19-13(2)15/h13H,3-12,15H2,1-2H3. The zero-order chi connectivity index (χ0) is 16.1. The molecule has 6 nitrogen and oxygen atoms in total. The fourth-order valence-corrected chi connectivity index (χ4v) is 2.66. The van der Waals surface area contributed by atoms with Crippen LogP contribution in [-0.2, 0) is 23.6 Å². The number of hydrogen-bond donors (Lipinski definition) is 1. The van der Waals surface area contributed by atoms with Crippen LogP contribution in [-0.4, -0.2) is 20.6 Å². The summed E-state index contributed by atoms with van der Waals surface area (Å²) in [4.78, 5) is 11.3. The highest BCUT2D eigenvalue weighted by Gasteiger charge is 2.19. The third-order valence-electron chi connectivity index (χ3n) is 2.95. The molecule has 0 aromatic rings. The van der Waals surface area contributed by atoms with Crippen molar-refractivity contribution in [1.29, 1.82) is 0 Å². The largest absolute Gasteiger partial charge is 0.453 e. The van der Waals surface area contributed by atoms with Crippen molar-refractivity contribution in [2.24, 2.45) is 5.73 Å². The molecule has 2 N–H and O–H groups in total. The van der Waals surface area contributed by atoms with Crippen molar-refractivity contribution >= 4 is 16.4 Å². The summed E-state index contributed by atoms with van der Waals surface area (Å²) < 4.78 is 30.9. The number of nitrogens with two attached hydrogens (primary N) is 1. The van der Waals surface area contributed by atoms with Gasteiger partial charge in [-0.2, -0.15) is 8.42 Å². The Labute approximate surface area is 128 Å². The van der Waals surface area contributed by atoms with Gasteiger partial charge in [0.25, 0.3) is 0 Å². The van der Waals surface area contributed by atoms with Crippen LogP contribution in [0.1, 0.15) is 78.1 Å². The molecule has 0 aliphatic heterocycles. The van der Waals surface area contributed by atoms with Crippen LogP contribution >= 0.6 is 0 Å². The highest BCUT2D eigenvalue weighted by molar-refractivity contribution is 7.82. The molecule has 0 amide bonds. The summed E-state index contributed by atoms with van der Waals surface area (Å²) in [5.74, 6) is -0.793. The highest BCUT2D eigenvalue weighted by atomic mass is 32.3. The van der Waals surface area contributed by atoms with E-state index in [2.05, 4.69) is 15.3 Å². The Hall–Kier alpha value is -0.660. The minimum atomic E-state index is -4.31. The second kappa shape index (κ2) is 11.9. The minimum absolute atomic E-state index is 0.0807. The molecule has 0 fully saturated rings. The first kappa shape index (κ1) is 20.3. The van der Waals surface area contributed by atoms with E-state index >= 15 is 0 Å². The fraction of sp³-hybridized carbons (Fsp3) is 0.929. The van der Waals surface area contributed by atoms with Crippen LogP contribution in [0.5, 0.6) is 0 Å². The van der Waals surface area contributed by atoms with E-state index in [9.17, 15) is 13.2 Å². The van der Waals surface area contributed by atoms with Crippen molar-refractivity contribution in [3.63, 3.8) is 0 Å². The zero-order valence-electron chi connectivity index (χ0n) is 13.2. The Balaban J connectivity index is 3.54. The zero-order valence-corrected chi connectivity index (χ0v) is 14.0. The van der Waals surface area contributed by atoms with Crippen molar-refractivity contribution < 1.29 is 21.6 Å². The topological polar surface area (TPSA) is 95.7 Å². The van der Waals surface area contributed by atoms with Gasteiger partial charge in [-0.3, -0.25) is 4.79 Å². The second-order valence-electron chi connectivity index (χ2n) is 5.24. The predicted octanol–water partition coefficient (Wildman–Crippen LogP) is 3.02. The molecule has 0 saturated heterocycles. The summed E-state index contributed by atoms with van der Waals surface area (Å²) in [6.07, 6.45) is 9.12. The van der Waals surface area contributed by atoms with Crippen LogP contribution < -0.4 is 5.73 Å². The fourth-order valence-electron chi connectivity index (χ4n) is 1.94. The average molecular weight is 323 g/mol. The maximum atomic E-state index is 11.3. The molecule has 1 atom stereocenters. The first-order chi connectivity index (χ1) is 9.87. The van der Waals surface area contributed by atoms with Gasteiger partial charge in [0.05, 0.1) is 0 Å². The molecule has 0 aromatic carbocycles. The smallest absolute Gasteiger partial charge is 0.325 e. The lowest BCUT2D eigenvalue weighted by molar-refractivity contribution is -0.134. The molecule has 0 spiro atoms. The molecule has 0 aliphatic rings. The van der Waals surface area contributed by atoms with Gasteiger partial charge in [0.15, 0.2) is 0 Å². The molecule has 0 aromatic heterocycles. The van der Waals surface area contributed by atoms with Crippen molar-refractivity contribution in [2.75, 3.05) is 0 Å². The first-order valence-corrected chi connectivity index (χ1v) is 9.12. The Bertz CT molecular complexity index is 368. The van der Waals surface area contributed by atoms with Crippen LogP contribution in [0.4, 0.5) is 0 Å². The van der Waals surface area contributed by atoms with E-state index in [1.807, 2.05) is 0 Å². The van der Waals surface area contributed by atoms with Gasteiger partial charge in [0.1, 0.15) is 6.23 Å². The van der Waals surface area contributed by atoms with E-state index < -0.39 is 22.6 Å². The van der Waals surface area contributed by atoms with E-state index in [0.29, 0.717) is 6.42 Å². The van der Waals surface area contributed by atoms with Crippen LogP contribution in [0.3, 0.4) is 0 Å². The number of carbonyl (C=O) groups is 1. The maximum Gasteiger partial charge on any atom is 0.453 e. The van der Waals surface area contributed by atoms with Crippen molar-refractivity contribution in [2.45, 2.75) is 84.3 Å². The summed E-state index contributed by atoms with van der Waals surface area (Å²) in [5.41, 5.74) is 5.16. The molecule has 0 heterocycles. The predicted molar refractivity (Wildman–Crippen MR) is 81.6 cm³/mol. The van der Waals surface area contributed by atoms with Gasteiger partial charge in [0.2, 0.25) is 0 Å². The molecule has 0 saturated carbocycles. The quantitative estimate of drug-likeness (QED) is 0.413. The third kappa shape index (κ3) is 14.1. The van der Waals surface area contributed by atoms with Gasteiger partial charge < -0.3 is 9.92 Å². The summed E-state index contributed by atoms with van der Waals surface area (Å²) in [5, 5.41) is 0. The van der Waals surface area contributed by atoms with Gasteiger partial charge in [-0.1, -0.05) is 58.3 Å². The third-order valence-corrected chi connectivity index (χ3v) is 3.88. The lowest BCUT2D eigenvalue weighted by atomic mass is 10.1. The van der Waals surface area contributed by atoms with Crippen LogP contribution in [0.15, 0.2) is 0 Å². The summed E-state index contributed by atoms with van der Waals surface area (Å²) in [7, 11) is -4.31. The number of unbranched alkanes of at least 4 members (excludes halogenated alkanes) is 8. The van der Waals surface area contributed by atoms with Crippen molar-refractivity contribution in [1.82, 2.24) is 0 Å². The number of rotatable bonds is 13. The number of hydrogen-bond acceptors (Lipinski definition) is 6. The van der Waals surface area contributed by atoms with Crippen molar-refractivity contribution in [3.05, 3.63) is 0 Å². The van der Waals surface area contributed by atoms with Crippen LogP contribution in [0, 0.1) is 0 Å². The highest BCUT2D eigenvalue weighted by Crippen LogP contribution is 2.11. The lowest BCUT2D eigenvalue weighted by Gasteiger charge is -2.07. The van der Waals surface area contributed by atoms with Crippen LogP contribution in [0.25, 0.3) is 0 Å².